The summed E-state index contributed by atoms with van der Waals surface area (Å²) in [5, 5.41) is 1.02. The van der Waals surface area contributed by atoms with E-state index in [1.807, 2.05) is 24.3 Å². The van der Waals surface area contributed by atoms with Gasteiger partial charge in [-0.25, -0.2) is 9.97 Å². The third-order valence-electron chi connectivity index (χ3n) is 6.39. The molecular formula is C23H29N5O2. The van der Waals surface area contributed by atoms with Crippen LogP contribution in [0.2, 0.25) is 0 Å². The molecule has 30 heavy (non-hydrogen) atoms. The van der Waals surface area contributed by atoms with Crippen molar-refractivity contribution < 1.29 is 9.21 Å². The van der Waals surface area contributed by atoms with Crippen molar-refractivity contribution in [3.8, 4) is 0 Å². The molecule has 2 saturated heterocycles. The lowest BCUT2D eigenvalue weighted by molar-refractivity contribution is -0.135. The summed E-state index contributed by atoms with van der Waals surface area (Å²) < 4.78 is 6.09. The molecule has 0 saturated carbocycles. The molecule has 2 aromatic heterocycles. The summed E-state index contributed by atoms with van der Waals surface area (Å²) in [6.45, 7) is 10.1. The molecule has 7 heteroatoms. The number of anilines is 1. The highest BCUT2D eigenvalue weighted by Gasteiger charge is 2.28. The second-order valence-corrected chi connectivity index (χ2v) is 8.98. The number of aromatic nitrogens is 2. The second-order valence-electron chi connectivity index (χ2n) is 8.98. The molecule has 2 aliphatic heterocycles. The predicted molar refractivity (Wildman–Crippen MR) is 117 cm³/mol. The maximum absolute atomic E-state index is 12.8. The summed E-state index contributed by atoms with van der Waals surface area (Å²) in [7, 11) is 0. The van der Waals surface area contributed by atoms with E-state index in [0.29, 0.717) is 18.4 Å². The van der Waals surface area contributed by atoms with Gasteiger partial charge in [-0.2, -0.15) is 0 Å². The van der Waals surface area contributed by atoms with Gasteiger partial charge in [0.2, 0.25) is 5.91 Å². The molecule has 2 atom stereocenters. The van der Waals surface area contributed by atoms with E-state index >= 15 is 0 Å². The highest BCUT2D eigenvalue weighted by atomic mass is 16.3. The van der Waals surface area contributed by atoms with Gasteiger partial charge in [-0.3, -0.25) is 9.69 Å². The van der Waals surface area contributed by atoms with Gasteiger partial charge in [0.1, 0.15) is 17.4 Å². The number of likely N-dealkylation sites (tertiary alicyclic amines) is 1. The van der Waals surface area contributed by atoms with Crippen LogP contribution in [-0.2, 0) is 4.79 Å². The largest absolute Gasteiger partial charge is 0.450 e. The monoisotopic (exact) mass is 407 g/mol. The third-order valence-corrected chi connectivity index (χ3v) is 6.39. The SMILES string of the molecule is CC1CC(C)CN(C(=O)CN2CCN(c3ncnc4c3oc3ccccc34)CC2)C1. The number of carbonyl (C=O) groups excluding carboxylic acids is 1. The number of rotatable bonds is 3. The van der Waals surface area contributed by atoms with Crippen LogP contribution in [0.1, 0.15) is 20.3 Å². The lowest BCUT2D eigenvalue weighted by Crippen LogP contribution is -2.52. The molecule has 7 nitrogen and oxygen atoms in total. The Labute approximate surface area is 176 Å². The van der Waals surface area contributed by atoms with Crippen LogP contribution in [0.5, 0.6) is 0 Å². The van der Waals surface area contributed by atoms with Crippen LogP contribution in [-0.4, -0.2) is 71.5 Å². The summed E-state index contributed by atoms with van der Waals surface area (Å²) in [6.07, 6.45) is 2.84. The van der Waals surface area contributed by atoms with Crippen molar-refractivity contribution in [2.45, 2.75) is 20.3 Å². The van der Waals surface area contributed by atoms with Crippen LogP contribution in [0.3, 0.4) is 0 Å². The van der Waals surface area contributed by atoms with E-state index in [0.717, 1.165) is 67.2 Å². The standard InChI is InChI=1S/C23H29N5O2/c1-16-11-17(2)13-28(12-16)20(29)14-26-7-9-27(10-8-26)23-22-21(24-15-25-23)18-5-3-4-6-19(18)30-22/h3-6,15-17H,7-14H2,1-2H3. The Morgan fingerprint density at radius 3 is 2.57 bits per heavy atom. The number of carbonyl (C=O) groups is 1. The first kappa shape index (κ1) is 19.3. The minimum absolute atomic E-state index is 0.267. The fraction of sp³-hybridized carbons (Fsp3) is 0.522. The number of nitrogens with zero attached hydrogens (tertiary/aromatic N) is 5. The quantitative estimate of drug-likeness (QED) is 0.665. The smallest absolute Gasteiger partial charge is 0.236 e. The summed E-state index contributed by atoms with van der Waals surface area (Å²) in [5.41, 5.74) is 2.45. The molecule has 1 amide bonds. The van der Waals surface area contributed by atoms with E-state index in [2.05, 4.69) is 38.5 Å². The van der Waals surface area contributed by atoms with Gasteiger partial charge in [0.25, 0.3) is 0 Å². The Hall–Kier alpha value is -2.67. The van der Waals surface area contributed by atoms with Gasteiger partial charge < -0.3 is 14.2 Å². The topological polar surface area (TPSA) is 65.7 Å². The van der Waals surface area contributed by atoms with Crippen molar-refractivity contribution >= 4 is 33.8 Å². The minimum Gasteiger partial charge on any atom is -0.450 e. The van der Waals surface area contributed by atoms with E-state index in [4.69, 9.17) is 4.42 Å². The van der Waals surface area contributed by atoms with Gasteiger partial charge in [0, 0.05) is 44.7 Å². The molecule has 158 valence electrons. The highest BCUT2D eigenvalue weighted by molar-refractivity contribution is 6.05. The van der Waals surface area contributed by atoms with Crippen LogP contribution < -0.4 is 4.90 Å². The highest BCUT2D eigenvalue weighted by Crippen LogP contribution is 2.32. The van der Waals surface area contributed by atoms with Crippen LogP contribution >= 0.6 is 0 Å². The Balaban J connectivity index is 1.26. The molecule has 5 rings (SSSR count). The van der Waals surface area contributed by atoms with Gasteiger partial charge in [-0.05, 0) is 30.4 Å². The zero-order chi connectivity index (χ0) is 20.7. The van der Waals surface area contributed by atoms with E-state index in [9.17, 15) is 4.79 Å². The lowest BCUT2D eigenvalue weighted by Gasteiger charge is -2.38. The van der Waals surface area contributed by atoms with Crippen molar-refractivity contribution in [2.75, 3.05) is 50.7 Å². The van der Waals surface area contributed by atoms with Crippen LogP contribution in [0.4, 0.5) is 5.82 Å². The molecule has 3 aromatic rings. The molecule has 2 fully saturated rings. The van der Waals surface area contributed by atoms with E-state index < -0.39 is 0 Å². The molecule has 0 bridgehead atoms. The fourth-order valence-corrected chi connectivity index (χ4v) is 5.01. The van der Waals surface area contributed by atoms with Crippen molar-refractivity contribution in [3.05, 3.63) is 30.6 Å². The maximum atomic E-state index is 12.8. The first-order valence-corrected chi connectivity index (χ1v) is 11.0. The molecule has 0 spiro atoms. The van der Waals surface area contributed by atoms with Gasteiger partial charge in [-0.1, -0.05) is 26.0 Å². The normalized spacial score (nSPS) is 23.4. The summed E-state index contributed by atoms with van der Waals surface area (Å²) >= 11 is 0. The predicted octanol–water partition coefficient (Wildman–Crippen LogP) is 3.00. The molecule has 2 aliphatic rings. The Bertz CT molecular complexity index is 1050. The number of benzene rings is 1. The maximum Gasteiger partial charge on any atom is 0.236 e. The Morgan fingerprint density at radius 2 is 1.80 bits per heavy atom. The van der Waals surface area contributed by atoms with Crippen LogP contribution in [0, 0.1) is 11.8 Å². The molecule has 1 aromatic carbocycles. The van der Waals surface area contributed by atoms with Crippen molar-refractivity contribution in [3.63, 3.8) is 0 Å². The summed E-state index contributed by atoms with van der Waals surface area (Å²) in [5.74, 6) is 2.31. The zero-order valence-corrected chi connectivity index (χ0v) is 17.8. The summed E-state index contributed by atoms with van der Waals surface area (Å²) in [6, 6.07) is 7.96. The number of piperidine rings is 1. The number of hydrogen-bond acceptors (Lipinski definition) is 6. The first-order chi connectivity index (χ1) is 14.6. The molecule has 0 N–H and O–H groups in total. The molecule has 4 heterocycles. The van der Waals surface area contributed by atoms with Crippen molar-refractivity contribution in [1.29, 1.82) is 0 Å². The molecule has 0 radical (unpaired) electrons. The zero-order valence-electron chi connectivity index (χ0n) is 17.8. The van der Waals surface area contributed by atoms with Gasteiger partial charge >= 0.3 is 0 Å². The first-order valence-electron chi connectivity index (χ1n) is 11.0. The van der Waals surface area contributed by atoms with Crippen LogP contribution in [0.25, 0.3) is 22.1 Å². The van der Waals surface area contributed by atoms with Crippen molar-refractivity contribution in [2.24, 2.45) is 11.8 Å². The lowest BCUT2D eigenvalue weighted by atomic mass is 9.92. The number of fused-ring (bicyclic) bond motifs is 3. The number of piperazine rings is 1. The average Bonchev–Trinajstić information content (AvgIpc) is 3.12. The van der Waals surface area contributed by atoms with E-state index in [1.165, 1.54) is 6.42 Å². The number of para-hydroxylation sites is 1. The number of amides is 1. The average molecular weight is 408 g/mol. The third kappa shape index (κ3) is 3.62. The Morgan fingerprint density at radius 1 is 1.07 bits per heavy atom. The van der Waals surface area contributed by atoms with Gasteiger partial charge in [-0.15, -0.1) is 0 Å². The van der Waals surface area contributed by atoms with E-state index in [1.54, 1.807) is 6.33 Å². The van der Waals surface area contributed by atoms with Gasteiger partial charge in [0.05, 0.1) is 6.54 Å². The van der Waals surface area contributed by atoms with Crippen LogP contribution in [0.15, 0.2) is 35.0 Å². The molecule has 2 unspecified atom stereocenters. The van der Waals surface area contributed by atoms with Crippen molar-refractivity contribution in [1.82, 2.24) is 19.8 Å². The summed E-state index contributed by atoms with van der Waals surface area (Å²) in [4.78, 5) is 28.4. The second kappa shape index (κ2) is 7.87. The van der Waals surface area contributed by atoms with Gasteiger partial charge in [0.15, 0.2) is 11.4 Å². The molecular weight excluding hydrogens is 378 g/mol. The molecule has 0 aliphatic carbocycles. The fourth-order valence-electron chi connectivity index (χ4n) is 5.01. The number of furan rings is 1. The Kier molecular flexibility index (Phi) is 5.06. The number of hydrogen-bond donors (Lipinski definition) is 0. The van der Waals surface area contributed by atoms with E-state index in [-0.39, 0.29) is 5.91 Å². The minimum atomic E-state index is 0.267.